The van der Waals surface area contributed by atoms with Crippen LogP contribution in [-0.2, 0) is 17.6 Å². The van der Waals surface area contributed by atoms with Crippen LogP contribution < -0.4 is 0 Å². The van der Waals surface area contributed by atoms with Gasteiger partial charge in [-0.05, 0) is 42.2 Å². The maximum absolute atomic E-state index is 10.9. The van der Waals surface area contributed by atoms with Crippen molar-refractivity contribution < 1.29 is 9.90 Å². The highest BCUT2D eigenvalue weighted by Gasteiger charge is 2.14. The Morgan fingerprint density at radius 2 is 2.21 bits per heavy atom. The van der Waals surface area contributed by atoms with Crippen molar-refractivity contribution in [1.82, 2.24) is 10.2 Å². The zero-order valence-corrected chi connectivity index (χ0v) is 11.6. The van der Waals surface area contributed by atoms with E-state index in [1.807, 2.05) is 26.0 Å². The lowest BCUT2D eigenvalue weighted by Crippen LogP contribution is -2.06. The van der Waals surface area contributed by atoms with Gasteiger partial charge >= 0.3 is 5.97 Å². The molecule has 0 saturated heterocycles. The fraction of sp³-hybridized carbons (Fsp3) is 0.286. The minimum absolute atomic E-state index is 0.0452. The molecular weight excluding hydrogens is 264 g/mol. The summed E-state index contributed by atoms with van der Waals surface area (Å²) in [5.41, 5.74) is 4.47. The Morgan fingerprint density at radius 1 is 1.47 bits per heavy atom. The number of aromatic nitrogens is 2. The summed E-state index contributed by atoms with van der Waals surface area (Å²) >= 11 is 6.06. The van der Waals surface area contributed by atoms with Gasteiger partial charge in [0.05, 0.1) is 11.4 Å². The summed E-state index contributed by atoms with van der Waals surface area (Å²) in [6.07, 6.45) is 2.45. The Kier molecular flexibility index (Phi) is 3.90. The van der Waals surface area contributed by atoms with Gasteiger partial charge in [-0.25, -0.2) is 0 Å². The van der Waals surface area contributed by atoms with Crippen LogP contribution in [0.1, 0.15) is 23.6 Å². The molecule has 2 N–H and O–H groups in total. The maximum atomic E-state index is 10.9. The minimum atomic E-state index is -0.816. The van der Waals surface area contributed by atoms with Gasteiger partial charge in [0, 0.05) is 11.8 Å². The number of benzene rings is 1. The summed E-state index contributed by atoms with van der Waals surface area (Å²) in [5.74, 6) is -0.816. The number of aryl methyl sites for hydroxylation is 2. The molecule has 0 aliphatic carbocycles. The highest BCUT2D eigenvalue weighted by molar-refractivity contribution is 6.32. The maximum Gasteiger partial charge on any atom is 0.307 e. The fourth-order valence-corrected chi connectivity index (χ4v) is 2.42. The summed E-state index contributed by atoms with van der Waals surface area (Å²) in [5, 5.41) is 16.4. The molecule has 1 heterocycles. The molecule has 0 aliphatic rings. The number of aliphatic carboxylic acids is 1. The number of hydrogen-bond donors (Lipinski definition) is 2. The van der Waals surface area contributed by atoms with E-state index in [0.717, 1.165) is 28.7 Å². The van der Waals surface area contributed by atoms with E-state index in [0.29, 0.717) is 10.7 Å². The lowest BCUT2D eigenvalue weighted by molar-refractivity contribution is -0.136. The van der Waals surface area contributed by atoms with Gasteiger partial charge in [-0.15, -0.1) is 0 Å². The van der Waals surface area contributed by atoms with Gasteiger partial charge in [0.15, 0.2) is 0 Å². The summed E-state index contributed by atoms with van der Waals surface area (Å²) in [4.78, 5) is 10.9. The summed E-state index contributed by atoms with van der Waals surface area (Å²) in [6.45, 7) is 3.93. The number of carbonyl (C=O) groups is 1. The summed E-state index contributed by atoms with van der Waals surface area (Å²) < 4.78 is 0. The van der Waals surface area contributed by atoms with E-state index in [2.05, 4.69) is 10.2 Å². The third kappa shape index (κ3) is 2.79. The van der Waals surface area contributed by atoms with Crippen LogP contribution in [0.15, 0.2) is 18.3 Å². The number of halogens is 1. The molecule has 0 spiro atoms. The number of rotatable bonds is 4. The Hall–Kier alpha value is -1.81. The quantitative estimate of drug-likeness (QED) is 0.902. The van der Waals surface area contributed by atoms with E-state index in [1.165, 1.54) is 0 Å². The normalized spacial score (nSPS) is 10.7. The highest BCUT2D eigenvalue weighted by Crippen LogP contribution is 2.29. The molecule has 0 bridgehead atoms. The van der Waals surface area contributed by atoms with Gasteiger partial charge in [0.25, 0.3) is 0 Å². The molecule has 19 heavy (non-hydrogen) atoms. The SMILES string of the molecule is CCc1cc(-c2n[nH]cc2Cl)cc(C)c1CC(=O)O. The smallest absolute Gasteiger partial charge is 0.307 e. The Balaban J connectivity index is 2.53. The van der Waals surface area contributed by atoms with Gasteiger partial charge < -0.3 is 5.11 Å². The number of carboxylic acids is 1. The first kappa shape index (κ1) is 13.6. The Bertz CT molecular complexity index is 620. The zero-order chi connectivity index (χ0) is 14.0. The monoisotopic (exact) mass is 278 g/mol. The van der Waals surface area contributed by atoms with Crippen LogP contribution in [0.3, 0.4) is 0 Å². The van der Waals surface area contributed by atoms with E-state index in [-0.39, 0.29) is 6.42 Å². The molecule has 0 atom stereocenters. The zero-order valence-electron chi connectivity index (χ0n) is 10.8. The second-order valence-electron chi connectivity index (χ2n) is 4.44. The first-order chi connectivity index (χ1) is 9.02. The standard InChI is InChI=1S/C14H15ClN2O2/c1-3-9-5-10(14-12(15)7-16-17-14)4-8(2)11(9)6-13(18)19/h4-5,7H,3,6H2,1-2H3,(H,16,17)(H,18,19). The van der Waals surface area contributed by atoms with Crippen molar-refractivity contribution in [2.45, 2.75) is 26.7 Å². The number of nitrogens with one attached hydrogen (secondary N) is 1. The van der Waals surface area contributed by atoms with Crippen molar-refractivity contribution in [3.63, 3.8) is 0 Å². The van der Waals surface area contributed by atoms with Gasteiger partial charge in [-0.3, -0.25) is 9.89 Å². The molecule has 0 unspecified atom stereocenters. The van der Waals surface area contributed by atoms with E-state index in [1.54, 1.807) is 6.20 Å². The van der Waals surface area contributed by atoms with Crippen LogP contribution in [0.2, 0.25) is 5.02 Å². The fourth-order valence-electron chi connectivity index (χ4n) is 2.22. The third-order valence-corrected chi connectivity index (χ3v) is 3.43. The second-order valence-corrected chi connectivity index (χ2v) is 4.84. The van der Waals surface area contributed by atoms with Crippen molar-refractivity contribution in [3.8, 4) is 11.3 Å². The van der Waals surface area contributed by atoms with Crippen LogP contribution in [0.25, 0.3) is 11.3 Å². The molecule has 0 fully saturated rings. The summed E-state index contributed by atoms with van der Waals surface area (Å²) in [6, 6.07) is 3.90. The van der Waals surface area contributed by atoms with Crippen molar-refractivity contribution >= 4 is 17.6 Å². The number of nitrogens with zero attached hydrogens (tertiary/aromatic N) is 1. The van der Waals surface area contributed by atoms with Crippen molar-refractivity contribution in [1.29, 1.82) is 0 Å². The number of H-pyrrole nitrogens is 1. The first-order valence-electron chi connectivity index (χ1n) is 6.06. The van der Waals surface area contributed by atoms with Crippen LogP contribution in [0.5, 0.6) is 0 Å². The topological polar surface area (TPSA) is 66.0 Å². The third-order valence-electron chi connectivity index (χ3n) is 3.14. The average molecular weight is 279 g/mol. The predicted octanol–water partition coefficient (Wildman–Crippen LogP) is 3.23. The Morgan fingerprint density at radius 3 is 2.74 bits per heavy atom. The predicted molar refractivity (Wildman–Crippen MR) is 74.5 cm³/mol. The first-order valence-corrected chi connectivity index (χ1v) is 6.44. The average Bonchev–Trinajstić information content (AvgIpc) is 2.77. The van der Waals surface area contributed by atoms with Gasteiger partial charge in [-0.2, -0.15) is 5.10 Å². The van der Waals surface area contributed by atoms with E-state index in [9.17, 15) is 4.79 Å². The van der Waals surface area contributed by atoms with Gasteiger partial charge in [-0.1, -0.05) is 18.5 Å². The molecule has 0 radical (unpaired) electrons. The van der Waals surface area contributed by atoms with Crippen LogP contribution in [-0.4, -0.2) is 21.3 Å². The second kappa shape index (κ2) is 5.45. The molecule has 2 aromatic rings. The van der Waals surface area contributed by atoms with Crippen molar-refractivity contribution in [2.75, 3.05) is 0 Å². The van der Waals surface area contributed by atoms with Crippen LogP contribution >= 0.6 is 11.6 Å². The van der Waals surface area contributed by atoms with E-state index in [4.69, 9.17) is 16.7 Å². The molecule has 0 aliphatic heterocycles. The van der Waals surface area contributed by atoms with Crippen LogP contribution in [0, 0.1) is 6.92 Å². The molecule has 1 aromatic heterocycles. The molecule has 4 nitrogen and oxygen atoms in total. The lowest BCUT2D eigenvalue weighted by atomic mass is 9.93. The molecule has 0 amide bonds. The molecular formula is C14H15ClN2O2. The van der Waals surface area contributed by atoms with Gasteiger partial charge in [0.2, 0.25) is 0 Å². The van der Waals surface area contributed by atoms with E-state index >= 15 is 0 Å². The molecule has 100 valence electrons. The largest absolute Gasteiger partial charge is 0.481 e. The number of aromatic amines is 1. The van der Waals surface area contributed by atoms with Crippen molar-refractivity contribution in [2.24, 2.45) is 0 Å². The van der Waals surface area contributed by atoms with Gasteiger partial charge in [0.1, 0.15) is 5.69 Å². The van der Waals surface area contributed by atoms with Crippen LogP contribution in [0.4, 0.5) is 0 Å². The lowest BCUT2D eigenvalue weighted by Gasteiger charge is -2.12. The number of hydrogen-bond acceptors (Lipinski definition) is 2. The molecule has 1 aromatic carbocycles. The molecule has 2 rings (SSSR count). The van der Waals surface area contributed by atoms with Crippen molar-refractivity contribution in [3.05, 3.63) is 40.0 Å². The minimum Gasteiger partial charge on any atom is -0.481 e. The molecule has 5 heteroatoms. The number of carboxylic acid groups (broad SMARTS) is 1. The Labute approximate surface area is 116 Å². The molecule has 0 saturated carbocycles. The van der Waals surface area contributed by atoms with E-state index < -0.39 is 5.97 Å². The highest BCUT2D eigenvalue weighted by atomic mass is 35.5. The summed E-state index contributed by atoms with van der Waals surface area (Å²) in [7, 11) is 0.